The molecule has 1 aliphatic rings. The Hall–Kier alpha value is -0.530. The van der Waals surface area contributed by atoms with Crippen molar-refractivity contribution >= 4 is 26.0 Å². The second kappa shape index (κ2) is 4.62. The minimum Gasteiger partial charge on any atom is -0.241 e. The molecule has 94 valence electrons. The van der Waals surface area contributed by atoms with Crippen molar-refractivity contribution in [3.05, 3.63) is 24.1 Å². The first-order valence-corrected chi connectivity index (χ1v) is 7.80. The highest BCUT2D eigenvalue weighted by molar-refractivity contribution is 9.09. The summed E-state index contributed by atoms with van der Waals surface area (Å²) in [6, 6.07) is 2.45. The second-order valence-electron chi connectivity index (χ2n) is 4.16. The number of aromatic nitrogens is 1. The summed E-state index contributed by atoms with van der Waals surface area (Å²) in [7, 11) is -3.89. The van der Waals surface area contributed by atoms with Crippen LogP contribution in [0.3, 0.4) is 0 Å². The predicted octanol–water partition coefficient (Wildman–Crippen LogP) is 1.82. The summed E-state index contributed by atoms with van der Waals surface area (Å²) in [6.07, 6.45) is 3.75. The molecule has 7 heteroatoms. The standard InChI is InChI=1S/C10H12BrFN2O2S/c11-7-10(4-2-5-10)14-17(15,16)9-8(12)3-1-6-13-9/h1,3,6,14H,2,4-5,7H2. The number of hydrogen-bond donors (Lipinski definition) is 1. The average molecular weight is 323 g/mol. The lowest BCUT2D eigenvalue weighted by Gasteiger charge is -2.40. The van der Waals surface area contributed by atoms with Crippen LogP contribution in [0.1, 0.15) is 19.3 Å². The maximum atomic E-state index is 13.4. The molecular weight excluding hydrogens is 311 g/mol. The van der Waals surface area contributed by atoms with E-state index in [2.05, 4.69) is 25.6 Å². The number of nitrogens with zero attached hydrogens (tertiary/aromatic N) is 1. The van der Waals surface area contributed by atoms with Gasteiger partial charge in [0.25, 0.3) is 10.0 Å². The van der Waals surface area contributed by atoms with Gasteiger partial charge in [-0.2, -0.15) is 0 Å². The molecule has 0 saturated heterocycles. The summed E-state index contributed by atoms with van der Waals surface area (Å²) in [5.74, 6) is -0.830. The molecule has 0 amide bonds. The van der Waals surface area contributed by atoms with Gasteiger partial charge >= 0.3 is 0 Å². The number of sulfonamides is 1. The maximum absolute atomic E-state index is 13.4. The number of halogens is 2. The average Bonchev–Trinajstić information content (AvgIpc) is 2.24. The number of alkyl halides is 1. The van der Waals surface area contributed by atoms with Crippen molar-refractivity contribution in [2.75, 3.05) is 5.33 Å². The molecule has 2 rings (SSSR count). The van der Waals surface area contributed by atoms with Crippen molar-refractivity contribution < 1.29 is 12.8 Å². The molecule has 4 nitrogen and oxygen atoms in total. The van der Waals surface area contributed by atoms with Crippen LogP contribution in [-0.4, -0.2) is 24.3 Å². The van der Waals surface area contributed by atoms with E-state index in [1.54, 1.807) is 0 Å². The normalized spacial score (nSPS) is 18.7. The predicted molar refractivity (Wildman–Crippen MR) is 64.9 cm³/mol. The lowest BCUT2D eigenvalue weighted by atomic mass is 9.80. The molecule has 1 fully saturated rings. The third-order valence-corrected chi connectivity index (χ3v) is 5.48. The molecule has 0 aromatic carbocycles. The zero-order valence-electron chi connectivity index (χ0n) is 8.99. The lowest BCUT2D eigenvalue weighted by Crippen LogP contribution is -2.54. The minimum absolute atomic E-state index is 0.483. The fourth-order valence-corrected chi connectivity index (χ4v) is 4.12. The van der Waals surface area contributed by atoms with Crippen LogP contribution in [0, 0.1) is 5.82 Å². The van der Waals surface area contributed by atoms with E-state index in [4.69, 9.17) is 0 Å². The molecule has 0 unspecified atom stereocenters. The van der Waals surface area contributed by atoms with Crippen LogP contribution in [-0.2, 0) is 10.0 Å². The van der Waals surface area contributed by atoms with Crippen LogP contribution in [0.2, 0.25) is 0 Å². The van der Waals surface area contributed by atoms with Gasteiger partial charge in [-0.3, -0.25) is 0 Å². The molecule has 1 aromatic rings. The SMILES string of the molecule is O=S(=O)(NC1(CBr)CCC1)c1ncccc1F. The van der Waals surface area contributed by atoms with Crippen molar-refractivity contribution in [3.63, 3.8) is 0 Å². The van der Waals surface area contributed by atoms with Gasteiger partial charge in [-0.15, -0.1) is 0 Å². The number of nitrogens with one attached hydrogen (secondary N) is 1. The van der Waals surface area contributed by atoms with Gasteiger partial charge in [0.2, 0.25) is 5.03 Å². The largest absolute Gasteiger partial charge is 0.261 e. The van der Waals surface area contributed by atoms with E-state index < -0.39 is 26.4 Å². The Morgan fingerprint density at radius 3 is 2.71 bits per heavy atom. The Bertz CT molecular complexity index is 511. The van der Waals surface area contributed by atoms with E-state index in [-0.39, 0.29) is 0 Å². The monoisotopic (exact) mass is 322 g/mol. The summed E-state index contributed by atoms with van der Waals surface area (Å²) >= 11 is 3.29. The molecule has 1 aromatic heterocycles. The summed E-state index contributed by atoms with van der Waals surface area (Å²) < 4.78 is 39.9. The van der Waals surface area contributed by atoms with E-state index in [9.17, 15) is 12.8 Å². The molecule has 1 heterocycles. The molecule has 0 bridgehead atoms. The summed E-state index contributed by atoms with van der Waals surface area (Å²) in [6.45, 7) is 0. The van der Waals surface area contributed by atoms with Gasteiger partial charge in [0.15, 0.2) is 5.82 Å². The number of pyridine rings is 1. The van der Waals surface area contributed by atoms with E-state index in [1.165, 1.54) is 12.3 Å². The summed E-state index contributed by atoms with van der Waals surface area (Å²) in [5.41, 5.74) is -0.483. The molecule has 1 aliphatic carbocycles. The van der Waals surface area contributed by atoms with E-state index >= 15 is 0 Å². The Morgan fingerprint density at radius 2 is 2.24 bits per heavy atom. The smallest absolute Gasteiger partial charge is 0.241 e. The quantitative estimate of drug-likeness (QED) is 0.860. The molecule has 1 saturated carbocycles. The Labute approximate surface area is 108 Å². The van der Waals surface area contributed by atoms with Crippen LogP contribution >= 0.6 is 15.9 Å². The van der Waals surface area contributed by atoms with Gasteiger partial charge in [-0.1, -0.05) is 15.9 Å². The molecule has 17 heavy (non-hydrogen) atoms. The van der Waals surface area contributed by atoms with Crippen LogP contribution in [0.25, 0.3) is 0 Å². The second-order valence-corrected chi connectivity index (χ2v) is 6.32. The lowest BCUT2D eigenvalue weighted by molar-refractivity contribution is 0.255. The van der Waals surface area contributed by atoms with Gasteiger partial charge in [0.1, 0.15) is 0 Å². The Balaban J connectivity index is 2.29. The minimum atomic E-state index is -3.89. The van der Waals surface area contributed by atoms with E-state index in [0.717, 1.165) is 25.3 Å². The highest BCUT2D eigenvalue weighted by Gasteiger charge is 2.40. The van der Waals surface area contributed by atoms with Crippen molar-refractivity contribution in [3.8, 4) is 0 Å². The highest BCUT2D eigenvalue weighted by atomic mass is 79.9. The van der Waals surface area contributed by atoms with Gasteiger partial charge in [-0.05, 0) is 31.4 Å². The summed E-state index contributed by atoms with van der Waals surface area (Å²) in [4.78, 5) is 3.59. The fraction of sp³-hybridized carbons (Fsp3) is 0.500. The Morgan fingerprint density at radius 1 is 1.53 bits per heavy atom. The highest BCUT2D eigenvalue weighted by Crippen LogP contribution is 2.34. The van der Waals surface area contributed by atoms with Gasteiger partial charge in [0.05, 0.1) is 0 Å². The number of rotatable bonds is 4. The van der Waals surface area contributed by atoms with Crippen LogP contribution in [0.5, 0.6) is 0 Å². The van der Waals surface area contributed by atoms with Crippen molar-refractivity contribution in [2.45, 2.75) is 29.8 Å². The molecule has 0 spiro atoms. The van der Waals surface area contributed by atoms with E-state index in [0.29, 0.717) is 5.33 Å². The maximum Gasteiger partial charge on any atom is 0.261 e. The number of hydrogen-bond acceptors (Lipinski definition) is 3. The van der Waals surface area contributed by atoms with Gasteiger partial charge < -0.3 is 0 Å². The third-order valence-electron chi connectivity index (χ3n) is 2.90. The van der Waals surface area contributed by atoms with Crippen molar-refractivity contribution in [1.29, 1.82) is 0 Å². The van der Waals surface area contributed by atoms with Crippen LogP contribution in [0.4, 0.5) is 4.39 Å². The third kappa shape index (κ3) is 2.51. The molecule has 0 aliphatic heterocycles. The zero-order chi connectivity index (χ0) is 12.5. The van der Waals surface area contributed by atoms with E-state index in [1.807, 2.05) is 0 Å². The fourth-order valence-electron chi connectivity index (χ4n) is 1.77. The molecule has 0 radical (unpaired) electrons. The molecule has 0 atom stereocenters. The van der Waals surface area contributed by atoms with Gasteiger partial charge in [0, 0.05) is 17.1 Å². The molecular formula is C10H12BrFN2O2S. The first-order valence-electron chi connectivity index (χ1n) is 5.20. The van der Waals surface area contributed by atoms with Crippen LogP contribution < -0.4 is 4.72 Å². The van der Waals surface area contributed by atoms with Crippen molar-refractivity contribution in [2.24, 2.45) is 0 Å². The van der Waals surface area contributed by atoms with Crippen molar-refractivity contribution in [1.82, 2.24) is 9.71 Å². The topological polar surface area (TPSA) is 59.1 Å². The summed E-state index contributed by atoms with van der Waals surface area (Å²) in [5, 5.41) is -0.0135. The van der Waals surface area contributed by atoms with Crippen LogP contribution in [0.15, 0.2) is 23.4 Å². The first kappa shape index (κ1) is 12.9. The molecule has 1 N–H and O–H groups in total. The zero-order valence-corrected chi connectivity index (χ0v) is 11.4. The first-order chi connectivity index (χ1) is 7.99. The Kier molecular flexibility index (Phi) is 3.51. The van der Waals surface area contributed by atoms with Gasteiger partial charge in [-0.25, -0.2) is 22.5 Å².